The van der Waals surface area contributed by atoms with Crippen molar-refractivity contribution in [3.05, 3.63) is 35.4 Å². The molecule has 18 heavy (non-hydrogen) atoms. The number of aryl methyl sites for hydroxylation is 1. The first-order chi connectivity index (χ1) is 8.61. The second kappa shape index (κ2) is 5.49. The fourth-order valence-electron chi connectivity index (χ4n) is 1.52. The molecular formula is C12H15FN4S. The summed E-state index contributed by atoms with van der Waals surface area (Å²) in [7, 11) is 1.86. The quantitative estimate of drug-likeness (QED) is 0.918. The lowest BCUT2D eigenvalue weighted by Crippen LogP contribution is -2.03. The number of aromatic nitrogens is 3. The Kier molecular flexibility index (Phi) is 3.98. The van der Waals surface area contributed by atoms with Gasteiger partial charge in [0.05, 0.1) is 4.90 Å². The predicted molar refractivity (Wildman–Crippen MR) is 69.0 cm³/mol. The average Bonchev–Trinajstić information content (AvgIpc) is 2.65. The van der Waals surface area contributed by atoms with Crippen molar-refractivity contribution in [2.24, 2.45) is 12.8 Å². The Hall–Kier alpha value is -1.40. The van der Waals surface area contributed by atoms with Crippen LogP contribution in [0, 0.1) is 12.7 Å². The first kappa shape index (κ1) is 13.0. The number of halogens is 1. The van der Waals surface area contributed by atoms with Crippen LogP contribution in [0.1, 0.15) is 11.4 Å². The highest BCUT2D eigenvalue weighted by Gasteiger charge is 2.10. The molecule has 0 aliphatic carbocycles. The zero-order chi connectivity index (χ0) is 13.1. The van der Waals surface area contributed by atoms with E-state index in [1.807, 2.05) is 24.6 Å². The second-order valence-electron chi connectivity index (χ2n) is 3.99. The van der Waals surface area contributed by atoms with Crippen LogP contribution in [0.25, 0.3) is 0 Å². The van der Waals surface area contributed by atoms with Gasteiger partial charge in [0.2, 0.25) is 0 Å². The minimum Gasteiger partial charge on any atom is -0.330 e. The molecule has 0 bridgehead atoms. The Morgan fingerprint density at radius 2 is 2.17 bits per heavy atom. The van der Waals surface area contributed by atoms with Gasteiger partial charge in [0, 0.05) is 7.05 Å². The van der Waals surface area contributed by atoms with Crippen molar-refractivity contribution in [3.63, 3.8) is 0 Å². The maximum Gasteiger partial charge on any atom is 0.195 e. The topological polar surface area (TPSA) is 56.7 Å². The summed E-state index contributed by atoms with van der Waals surface area (Å²) in [6, 6.07) is 5.18. The molecule has 6 heteroatoms. The first-order valence-electron chi connectivity index (χ1n) is 5.64. The van der Waals surface area contributed by atoms with Gasteiger partial charge in [-0.25, -0.2) is 4.39 Å². The standard InChI is InChI=1S/C12H15FN4S/c1-8-15-16-12(17(8)2)18-11-4-3-9(5-6-14)7-10(11)13/h3-4,7H,5-6,14H2,1-2H3. The van der Waals surface area contributed by atoms with Crippen LogP contribution < -0.4 is 5.73 Å². The summed E-state index contributed by atoms with van der Waals surface area (Å²) in [6.45, 7) is 2.38. The van der Waals surface area contributed by atoms with E-state index in [1.54, 1.807) is 6.07 Å². The van der Waals surface area contributed by atoms with Crippen LogP contribution in [0.3, 0.4) is 0 Å². The molecule has 96 valence electrons. The van der Waals surface area contributed by atoms with E-state index in [0.717, 1.165) is 11.4 Å². The third kappa shape index (κ3) is 2.70. The summed E-state index contributed by atoms with van der Waals surface area (Å²) in [5.74, 6) is 0.560. The molecule has 1 aromatic carbocycles. The maximum absolute atomic E-state index is 13.9. The fraction of sp³-hybridized carbons (Fsp3) is 0.333. The van der Waals surface area contributed by atoms with E-state index in [0.29, 0.717) is 23.0 Å². The number of nitrogens with zero attached hydrogens (tertiary/aromatic N) is 3. The molecule has 0 aliphatic heterocycles. The van der Waals surface area contributed by atoms with Gasteiger partial charge in [0.15, 0.2) is 5.16 Å². The molecule has 0 saturated carbocycles. The zero-order valence-electron chi connectivity index (χ0n) is 10.4. The Labute approximate surface area is 109 Å². The van der Waals surface area contributed by atoms with Crippen molar-refractivity contribution in [2.45, 2.75) is 23.4 Å². The number of hydrogen-bond acceptors (Lipinski definition) is 4. The van der Waals surface area contributed by atoms with Gasteiger partial charge < -0.3 is 10.3 Å². The maximum atomic E-state index is 13.9. The number of rotatable bonds is 4. The summed E-state index contributed by atoms with van der Waals surface area (Å²) < 4.78 is 15.7. The summed E-state index contributed by atoms with van der Waals surface area (Å²) in [4.78, 5) is 0.547. The molecule has 1 aromatic heterocycles. The van der Waals surface area contributed by atoms with Crippen molar-refractivity contribution in [3.8, 4) is 0 Å². The van der Waals surface area contributed by atoms with Crippen LogP contribution in [0.4, 0.5) is 4.39 Å². The highest BCUT2D eigenvalue weighted by molar-refractivity contribution is 7.99. The molecule has 0 atom stereocenters. The predicted octanol–water partition coefficient (Wildman–Crippen LogP) is 1.92. The van der Waals surface area contributed by atoms with Crippen LogP contribution in [-0.2, 0) is 13.5 Å². The molecule has 2 N–H and O–H groups in total. The normalized spacial score (nSPS) is 10.9. The molecular weight excluding hydrogens is 251 g/mol. The molecule has 2 rings (SSSR count). The van der Waals surface area contributed by atoms with E-state index in [9.17, 15) is 4.39 Å². The Morgan fingerprint density at radius 1 is 1.39 bits per heavy atom. The van der Waals surface area contributed by atoms with Gasteiger partial charge in [-0.3, -0.25) is 0 Å². The van der Waals surface area contributed by atoms with E-state index in [2.05, 4.69) is 10.2 Å². The van der Waals surface area contributed by atoms with E-state index in [1.165, 1.54) is 17.8 Å². The highest BCUT2D eigenvalue weighted by atomic mass is 32.2. The van der Waals surface area contributed by atoms with E-state index in [-0.39, 0.29) is 5.82 Å². The number of hydrogen-bond donors (Lipinski definition) is 1. The molecule has 0 aliphatic rings. The Balaban J connectivity index is 2.22. The molecule has 1 heterocycles. The molecule has 2 aromatic rings. The molecule has 0 spiro atoms. The summed E-state index contributed by atoms with van der Waals surface area (Å²) in [5.41, 5.74) is 6.36. The molecule has 4 nitrogen and oxygen atoms in total. The zero-order valence-corrected chi connectivity index (χ0v) is 11.2. The minimum absolute atomic E-state index is 0.244. The largest absolute Gasteiger partial charge is 0.330 e. The van der Waals surface area contributed by atoms with Crippen molar-refractivity contribution >= 4 is 11.8 Å². The van der Waals surface area contributed by atoms with Crippen LogP contribution in [0.15, 0.2) is 28.3 Å². The second-order valence-corrected chi connectivity index (χ2v) is 5.00. The smallest absolute Gasteiger partial charge is 0.195 e. The van der Waals surface area contributed by atoms with Crippen LogP contribution in [0.5, 0.6) is 0 Å². The van der Waals surface area contributed by atoms with Gasteiger partial charge >= 0.3 is 0 Å². The van der Waals surface area contributed by atoms with E-state index >= 15 is 0 Å². The fourth-order valence-corrected chi connectivity index (χ4v) is 2.36. The minimum atomic E-state index is -0.244. The lowest BCUT2D eigenvalue weighted by Gasteiger charge is -2.05. The van der Waals surface area contributed by atoms with Crippen LogP contribution in [-0.4, -0.2) is 21.3 Å². The van der Waals surface area contributed by atoms with Crippen molar-refractivity contribution in [1.82, 2.24) is 14.8 Å². The van der Waals surface area contributed by atoms with Crippen molar-refractivity contribution in [2.75, 3.05) is 6.54 Å². The monoisotopic (exact) mass is 266 g/mol. The van der Waals surface area contributed by atoms with Crippen molar-refractivity contribution in [1.29, 1.82) is 0 Å². The SMILES string of the molecule is Cc1nnc(Sc2ccc(CCN)cc2F)n1C. The number of benzene rings is 1. The molecule has 0 unspecified atom stereocenters. The Bertz CT molecular complexity index is 553. The lowest BCUT2D eigenvalue weighted by molar-refractivity contribution is 0.598. The number of nitrogens with two attached hydrogens (primary N) is 1. The molecule has 0 fully saturated rings. The van der Waals surface area contributed by atoms with Gasteiger partial charge in [0.1, 0.15) is 11.6 Å². The summed E-state index contributed by atoms with van der Waals surface area (Å²) in [6.07, 6.45) is 0.685. The first-order valence-corrected chi connectivity index (χ1v) is 6.46. The van der Waals surface area contributed by atoms with Gasteiger partial charge in [-0.1, -0.05) is 6.07 Å². The molecule has 0 saturated heterocycles. The lowest BCUT2D eigenvalue weighted by atomic mass is 10.1. The highest BCUT2D eigenvalue weighted by Crippen LogP contribution is 2.28. The third-order valence-electron chi connectivity index (χ3n) is 2.68. The average molecular weight is 266 g/mol. The van der Waals surface area contributed by atoms with Crippen LogP contribution >= 0.6 is 11.8 Å². The van der Waals surface area contributed by atoms with Gasteiger partial charge in [-0.2, -0.15) is 0 Å². The van der Waals surface area contributed by atoms with Crippen LogP contribution in [0.2, 0.25) is 0 Å². The summed E-state index contributed by atoms with van der Waals surface area (Å²) in [5, 5.41) is 8.62. The van der Waals surface area contributed by atoms with E-state index in [4.69, 9.17) is 5.73 Å². The Morgan fingerprint density at radius 3 is 2.72 bits per heavy atom. The third-order valence-corrected chi connectivity index (χ3v) is 3.77. The van der Waals surface area contributed by atoms with Gasteiger partial charge in [0.25, 0.3) is 0 Å². The molecule has 0 amide bonds. The van der Waals surface area contributed by atoms with E-state index < -0.39 is 0 Å². The summed E-state index contributed by atoms with van der Waals surface area (Å²) >= 11 is 1.27. The molecule has 0 radical (unpaired) electrons. The van der Waals surface area contributed by atoms with Crippen molar-refractivity contribution < 1.29 is 4.39 Å². The van der Waals surface area contributed by atoms with Gasteiger partial charge in [-0.05, 0) is 49.3 Å². The van der Waals surface area contributed by atoms with Gasteiger partial charge in [-0.15, -0.1) is 10.2 Å².